The molecule has 0 amide bonds. The molecule has 0 aliphatic heterocycles. The van der Waals surface area contributed by atoms with Crippen molar-refractivity contribution >= 4 is 21.6 Å². The molecule has 1 heterocycles. The van der Waals surface area contributed by atoms with Gasteiger partial charge in [0.15, 0.2) is 5.03 Å². The second-order valence-corrected chi connectivity index (χ2v) is 4.53. The molecular weight excluding hydrogens is 264 g/mol. The van der Waals surface area contributed by atoms with Gasteiger partial charge in [0.2, 0.25) is 0 Å². The maximum atomic E-state index is 12.6. The minimum atomic E-state index is -4.46. The highest BCUT2D eigenvalue weighted by molar-refractivity contribution is 7.89. The van der Waals surface area contributed by atoms with E-state index in [0.717, 1.165) is 6.07 Å². The van der Waals surface area contributed by atoms with Gasteiger partial charge in [0.1, 0.15) is 5.15 Å². The zero-order valence-corrected chi connectivity index (χ0v) is 9.06. The molecule has 0 spiro atoms. The molecule has 1 aromatic rings. The average molecular weight is 268 g/mol. The zero-order valence-electron chi connectivity index (χ0n) is 7.49. The molecule has 0 radical (unpaired) electrons. The molecule has 0 fully saturated rings. The van der Waals surface area contributed by atoms with E-state index >= 15 is 0 Å². The highest BCUT2D eigenvalue weighted by Gasteiger charge is 2.26. The SMILES string of the molecule is N#Cc1cc(Cl)nc(S(N)(=O)=O)c1C(F)F. The van der Waals surface area contributed by atoms with Crippen LogP contribution in [0.2, 0.25) is 5.15 Å². The van der Waals surface area contributed by atoms with Crippen LogP contribution in [-0.4, -0.2) is 13.4 Å². The van der Waals surface area contributed by atoms with E-state index in [2.05, 4.69) is 4.98 Å². The fourth-order valence-electron chi connectivity index (χ4n) is 1.02. The smallest absolute Gasteiger partial charge is 0.223 e. The van der Waals surface area contributed by atoms with E-state index in [1.165, 1.54) is 6.07 Å². The lowest BCUT2D eigenvalue weighted by Crippen LogP contribution is -2.18. The number of aromatic nitrogens is 1. The Kier molecular flexibility index (Phi) is 3.42. The van der Waals surface area contributed by atoms with Crippen LogP contribution >= 0.6 is 11.6 Å². The molecule has 0 aliphatic rings. The maximum absolute atomic E-state index is 12.6. The number of rotatable bonds is 2. The van der Waals surface area contributed by atoms with Crippen molar-refractivity contribution in [3.05, 3.63) is 22.3 Å². The quantitative estimate of drug-likeness (QED) is 0.814. The molecule has 1 rings (SSSR count). The number of alkyl halides is 2. The van der Waals surface area contributed by atoms with Crippen molar-refractivity contribution in [3.63, 3.8) is 0 Å². The van der Waals surface area contributed by atoms with Crippen molar-refractivity contribution in [2.45, 2.75) is 11.5 Å². The van der Waals surface area contributed by atoms with Gasteiger partial charge in [-0.05, 0) is 6.07 Å². The zero-order chi connectivity index (χ0) is 12.5. The lowest BCUT2D eigenvalue weighted by molar-refractivity contribution is 0.146. The Labute approximate surface area is 94.5 Å². The first-order valence-electron chi connectivity index (χ1n) is 3.69. The third-order valence-corrected chi connectivity index (χ3v) is 2.64. The van der Waals surface area contributed by atoms with Gasteiger partial charge in [-0.25, -0.2) is 27.3 Å². The lowest BCUT2D eigenvalue weighted by Gasteiger charge is -2.08. The van der Waals surface area contributed by atoms with Crippen LogP contribution in [0.25, 0.3) is 0 Å². The topological polar surface area (TPSA) is 96.8 Å². The summed E-state index contributed by atoms with van der Waals surface area (Å²) >= 11 is 5.38. The van der Waals surface area contributed by atoms with Gasteiger partial charge < -0.3 is 0 Å². The monoisotopic (exact) mass is 267 g/mol. The fourth-order valence-corrected chi connectivity index (χ4v) is 2.00. The number of nitriles is 1. The number of nitrogens with zero attached hydrogens (tertiary/aromatic N) is 2. The van der Waals surface area contributed by atoms with Crippen LogP contribution < -0.4 is 5.14 Å². The Morgan fingerprint density at radius 1 is 1.56 bits per heavy atom. The van der Waals surface area contributed by atoms with Crippen LogP contribution in [0.4, 0.5) is 8.78 Å². The summed E-state index contributed by atoms with van der Waals surface area (Å²) in [6.45, 7) is 0. The third kappa shape index (κ3) is 2.44. The van der Waals surface area contributed by atoms with E-state index in [4.69, 9.17) is 22.0 Å². The molecular formula is C7H4ClF2N3O2S. The summed E-state index contributed by atoms with van der Waals surface area (Å²) in [5, 5.41) is 11.8. The van der Waals surface area contributed by atoms with E-state index in [-0.39, 0.29) is 0 Å². The minimum absolute atomic E-state index is 0.398. The highest BCUT2D eigenvalue weighted by atomic mass is 35.5. The summed E-state index contributed by atoms with van der Waals surface area (Å²) in [5.74, 6) is 0. The van der Waals surface area contributed by atoms with Gasteiger partial charge >= 0.3 is 0 Å². The number of hydrogen-bond acceptors (Lipinski definition) is 4. The van der Waals surface area contributed by atoms with Crippen LogP contribution in [0.1, 0.15) is 17.6 Å². The molecule has 9 heteroatoms. The van der Waals surface area contributed by atoms with Crippen molar-refractivity contribution in [2.24, 2.45) is 5.14 Å². The van der Waals surface area contributed by atoms with Crippen LogP contribution in [0, 0.1) is 11.3 Å². The molecule has 16 heavy (non-hydrogen) atoms. The predicted molar refractivity (Wildman–Crippen MR) is 50.3 cm³/mol. The van der Waals surface area contributed by atoms with Crippen LogP contribution in [0.3, 0.4) is 0 Å². The Morgan fingerprint density at radius 2 is 2.12 bits per heavy atom. The van der Waals surface area contributed by atoms with Gasteiger partial charge in [-0.3, -0.25) is 0 Å². The molecule has 0 saturated carbocycles. The second-order valence-electron chi connectivity index (χ2n) is 2.67. The molecule has 0 atom stereocenters. The van der Waals surface area contributed by atoms with Crippen molar-refractivity contribution in [2.75, 3.05) is 0 Å². The van der Waals surface area contributed by atoms with Crippen LogP contribution in [0.15, 0.2) is 11.1 Å². The molecule has 0 aromatic carbocycles. The molecule has 1 aromatic heterocycles. The summed E-state index contributed by atoms with van der Waals surface area (Å²) in [6, 6.07) is 2.25. The Balaban J connectivity index is 3.73. The molecule has 2 N–H and O–H groups in total. The third-order valence-electron chi connectivity index (χ3n) is 1.60. The van der Waals surface area contributed by atoms with Gasteiger partial charge in [-0.15, -0.1) is 0 Å². The Bertz CT molecular complexity index is 568. The molecule has 0 unspecified atom stereocenters. The largest absolute Gasteiger partial charge is 0.267 e. The summed E-state index contributed by atoms with van der Waals surface area (Å²) in [6.07, 6.45) is -3.19. The highest BCUT2D eigenvalue weighted by Crippen LogP contribution is 2.29. The maximum Gasteiger partial charge on any atom is 0.267 e. The Morgan fingerprint density at radius 3 is 2.50 bits per heavy atom. The van der Waals surface area contributed by atoms with E-state index in [1.807, 2.05) is 0 Å². The first-order chi connectivity index (χ1) is 7.27. The number of halogens is 3. The normalized spacial score (nSPS) is 11.5. The summed E-state index contributed by atoms with van der Waals surface area (Å²) in [4.78, 5) is 3.20. The summed E-state index contributed by atoms with van der Waals surface area (Å²) < 4.78 is 47.2. The van der Waals surface area contributed by atoms with Gasteiger partial charge in [0.05, 0.1) is 17.2 Å². The molecule has 86 valence electrons. The van der Waals surface area contributed by atoms with Crippen molar-refractivity contribution in [3.8, 4) is 6.07 Å². The first-order valence-corrected chi connectivity index (χ1v) is 5.61. The minimum Gasteiger partial charge on any atom is -0.223 e. The Hall–Kier alpha value is -1.30. The van der Waals surface area contributed by atoms with E-state index < -0.39 is 37.8 Å². The lowest BCUT2D eigenvalue weighted by atomic mass is 10.1. The van der Waals surface area contributed by atoms with Gasteiger partial charge in [0.25, 0.3) is 16.4 Å². The van der Waals surface area contributed by atoms with Crippen LogP contribution in [0.5, 0.6) is 0 Å². The standard InChI is InChI=1S/C7H4ClF2N3O2S/c8-4-1-3(2-11)5(6(9)10)7(13-4)16(12,14)15/h1,6H,(H2,12,14,15). The van der Waals surface area contributed by atoms with Crippen molar-refractivity contribution in [1.29, 1.82) is 5.26 Å². The van der Waals surface area contributed by atoms with Gasteiger partial charge in [-0.2, -0.15) is 5.26 Å². The van der Waals surface area contributed by atoms with Gasteiger partial charge in [-0.1, -0.05) is 11.6 Å². The number of sulfonamides is 1. The average Bonchev–Trinajstić information content (AvgIpc) is 2.14. The summed E-state index contributed by atoms with van der Waals surface area (Å²) in [5.41, 5.74) is -1.60. The van der Waals surface area contributed by atoms with E-state index in [0.29, 0.717) is 0 Å². The predicted octanol–water partition coefficient (Wildman–Crippen LogP) is 1.19. The molecule has 5 nitrogen and oxygen atoms in total. The fraction of sp³-hybridized carbons (Fsp3) is 0.143. The first kappa shape index (κ1) is 12.8. The van der Waals surface area contributed by atoms with Crippen molar-refractivity contribution < 1.29 is 17.2 Å². The van der Waals surface area contributed by atoms with E-state index in [9.17, 15) is 17.2 Å². The number of primary sulfonamides is 1. The molecule has 0 bridgehead atoms. The number of hydrogen-bond donors (Lipinski definition) is 1. The molecule has 0 aliphatic carbocycles. The molecule has 0 saturated heterocycles. The van der Waals surface area contributed by atoms with Gasteiger partial charge in [0, 0.05) is 0 Å². The number of nitrogens with two attached hydrogens (primary N) is 1. The second kappa shape index (κ2) is 4.29. The van der Waals surface area contributed by atoms with Crippen LogP contribution in [-0.2, 0) is 10.0 Å². The number of pyridine rings is 1. The van der Waals surface area contributed by atoms with Crippen molar-refractivity contribution in [1.82, 2.24) is 4.98 Å². The summed E-state index contributed by atoms with van der Waals surface area (Å²) in [7, 11) is -4.46. The van der Waals surface area contributed by atoms with E-state index in [1.54, 1.807) is 0 Å².